The number of hydrogen-bond donors (Lipinski definition) is 2. The molecule has 0 unspecified atom stereocenters. The Morgan fingerprint density at radius 3 is 2.44 bits per heavy atom. The van der Waals surface area contributed by atoms with Crippen molar-refractivity contribution in [3.8, 4) is 17.2 Å². The Balaban J connectivity index is 1.64. The molecule has 1 aliphatic carbocycles. The number of halogens is 1. The molecule has 8 heteroatoms. The second kappa shape index (κ2) is 8.57. The van der Waals surface area contributed by atoms with Gasteiger partial charge in [0.15, 0.2) is 17.3 Å². The van der Waals surface area contributed by atoms with Gasteiger partial charge in [0.2, 0.25) is 5.75 Å². The lowest BCUT2D eigenvalue weighted by molar-refractivity contribution is -0.140. The van der Waals surface area contributed by atoms with Crippen molar-refractivity contribution in [3.05, 3.63) is 81.9 Å². The molecule has 3 aromatic rings. The van der Waals surface area contributed by atoms with Crippen LogP contribution < -0.4 is 19.5 Å². The lowest BCUT2D eigenvalue weighted by Gasteiger charge is -2.34. The second-order valence-electron chi connectivity index (χ2n) is 8.24. The minimum absolute atomic E-state index is 0.158. The highest BCUT2D eigenvalue weighted by atomic mass is 35.5. The Bertz CT molecular complexity index is 1290. The Morgan fingerprint density at radius 1 is 1.03 bits per heavy atom. The number of fused-ring (bicyclic) bond motifs is 4. The molecule has 0 radical (unpaired) electrons. The van der Waals surface area contributed by atoms with Crippen molar-refractivity contribution >= 4 is 29.0 Å². The third-order valence-electron chi connectivity index (χ3n) is 6.43. The first-order valence-corrected chi connectivity index (χ1v) is 11.1. The highest BCUT2D eigenvalue weighted by Gasteiger charge is 2.53. The first-order valence-electron chi connectivity index (χ1n) is 10.7. The van der Waals surface area contributed by atoms with E-state index in [1.54, 1.807) is 30.3 Å². The summed E-state index contributed by atoms with van der Waals surface area (Å²) in [4.78, 5) is 26.2. The molecule has 0 bridgehead atoms. The van der Waals surface area contributed by atoms with Gasteiger partial charge in [-0.25, -0.2) is 0 Å². The lowest BCUT2D eigenvalue weighted by atomic mass is 9.77. The van der Waals surface area contributed by atoms with Crippen LogP contribution in [0.25, 0.3) is 0 Å². The van der Waals surface area contributed by atoms with E-state index in [2.05, 4.69) is 5.32 Å². The highest BCUT2D eigenvalue weighted by molar-refractivity contribution is 6.30. The van der Waals surface area contributed by atoms with Gasteiger partial charge in [-0.15, -0.1) is 0 Å². The predicted octanol–water partition coefficient (Wildman–Crippen LogP) is 5.08. The summed E-state index contributed by atoms with van der Waals surface area (Å²) in [7, 11) is 2.98. The Hall–Kier alpha value is -3.71. The summed E-state index contributed by atoms with van der Waals surface area (Å²) in [6.45, 7) is 0.158. The predicted molar refractivity (Wildman–Crippen MR) is 126 cm³/mol. The van der Waals surface area contributed by atoms with Gasteiger partial charge in [0, 0.05) is 10.7 Å². The van der Waals surface area contributed by atoms with Crippen LogP contribution in [0.15, 0.2) is 54.6 Å². The molecule has 2 aliphatic rings. The number of benzene rings is 3. The summed E-state index contributed by atoms with van der Waals surface area (Å²) in [5.41, 5.74) is 3.06. The monoisotopic (exact) mass is 479 g/mol. The molecule has 34 heavy (non-hydrogen) atoms. The van der Waals surface area contributed by atoms with Gasteiger partial charge in [-0.05, 0) is 41.0 Å². The van der Waals surface area contributed by atoms with E-state index in [0.29, 0.717) is 33.1 Å². The molecule has 0 saturated heterocycles. The van der Waals surface area contributed by atoms with Gasteiger partial charge in [0.05, 0.1) is 37.7 Å². The zero-order valence-electron chi connectivity index (χ0n) is 18.5. The molecule has 3 aromatic carbocycles. The number of anilines is 1. The quantitative estimate of drug-likeness (QED) is 0.509. The number of ketones is 1. The molecule has 5 rings (SSSR count). The van der Waals surface area contributed by atoms with Gasteiger partial charge in [0.1, 0.15) is 6.61 Å². The van der Waals surface area contributed by atoms with Crippen LogP contribution in [-0.4, -0.2) is 31.1 Å². The summed E-state index contributed by atoms with van der Waals surface area (Å²) >= 11 is 5.98. The molecule has 7 nitrogen and oxygen atoms in total. The summed E-state index contributed by atoms with van der Waals surface area (Å²) in [5.74, 6) is -2.27. The summed E-state index contributed by atoms with van der Waals surface area (Å²) in [5, 5.41) is 14.1. The number of carboxylic acid groups (broad SMARTS) is 1. The van der Waals surface area contributed by atoms with E-state index in [9.17, 15) is 14.7 Å². The molecule has 2 N–H and O–H groups in total. The maximum absolute atomic E-state index is 13.8. The minimum Gasteiger partial charge on any atom is -0.493 e. The fourth-order valence-corrected chi connectivity index (χ4v) is 5.05. The van der Waals surface area contributed by atoms with Gasteiger partial charge >= 0.3 is 5.97 Å². The van der Waals surface area contributed by atoms with Crippen LogP contribution in [0.2, 0.25) is 5.02 Å². The molecule has 0 spiro atoms. The zero-order valence-corrected chi connectivity index (χ0v) is 19.3. The number of hydrogen-bond acceptors (Lipinski definition) is 6. The van der Waals surface area contributed by atoms with Crippen LogP contribution in [0.3, 0.4) is 0 Å². The molecule has 3 atom stereocenters. The van der Waals surface area contributed by atoms with Crippen molar-refractivity contribution in [1.29, 1.82) is 0 Å². The topological polar surface area (TPSA) is 94.1 Å². The molecule has 0 saturated carbocycles. The second-order valence-corrected chi connectivity index (χ2v) is 8.67. The van der Waals surface area contributed by atoms with E-state index in [4.69, 9.17) is 25.8 Å². The van der Waals surface area contributed by atoms with Gasteiger partial charge in [-0.2, -0.15) is 0 Å². The number of para-hydroxylation sites is 1. The Morgan fingerprint density at radius 2 is 1.76 bits per heavy atom. The van der Waals surface area contributed by atoms with Gasteiger partial charge in [0.25, 0.3) is 0 Å². The molecular formula is C26H22ClNO6. The van der Waals surface area contributed by atoms with Crippen molar-refractivity contribution < 1.29 is 28.9 Å². The van der Waals surface area contributed by atoms with E-state index in [1.165, 1.54) is 14.2 Å². The summed E-state index contributed by atoms with van der Waals surface area (Å²) < 4.78 is 17.3. The number of methoxy groups -OCH3 is 2. The molecular weight excluding hydrogens is 458 g/mol. The van der Waals surface area contributed by atoms with Crippen molar-refractivity contribution in [2.75, 3.05) is 19.5 Å². The van der Waals surface area contributed by atoms with Crippen LogP contribution in [0.1, 0.15) is 39.0 Å². The van der Waals surface area contributed by atoms with Crippen LogP contribution in [0.5, 0.6) is 17.2 Å². The first-order chi connectivity index (χ1) is 16.4. The van der Waals surface area contributed by atoms with E-state index < -0.39 is 23.8 Å². The van der Waals surface area contributed by atoms with Crippen LogP contribution in [0, 0.1) is 5.92 Å². The molecule has 0 fully saturated rings. The average molecular weight is 480 g/mol. The average Bonchev–Trinajstić information content (AvgIpc) is 3.12. The highest BCUT2D eigenvalue weighted by Crippen LogP contribution is 2.56. The summed E-state index contributed by atoms with van der Waals surface area (Å²) in [6.07, 6.45) is 0. The van der Waals surface area contributed by atoms with Crippen molar-refractivity contribution in [3.63, 3.8) is 0 Å². The maximum Gasteiger partial charge on any atom is 0.311 e. The van der Waals surface area contributed by atoms with Crippen LogP contribution in [0.4, 0.5) is 5.69 Å². The van der Waals surface area contributed by atoms with Crippen LogP contribution >= 0.6 is 11.6 Å². The first kappa shape index (κ1) is 22.1. The Kier molecular flexibility index (Phi) is 5.57. The maximum atomic E-state index is 13.8. The number of ether oxygens (including phenoxy) is 3. The van der Waals surface area contributed by atoms with Crippen LogP contribution in [-0.2, 0) is 11.4 Å². The number of carbonyl (C=O) groups is 2. The van der Waals surface area contributed by atoms with Crippen molar-refractivity contribution in [1.82, 2.24) is 0 Å². The standard InChI is InChI=1S/C26H22ClNO6/c1-32-18-11-16-20(25(24(18)33-2)34-12-13-7-9-14(27)10-8-13)23(29)21-19(26(30)31)15-5-3-4-6-17(15)28-22(16)21/h3-11,19,21-22,28H,12H2,1-2H3,(H,30,31)/t19-,21-,22-/m0/s1. The fraction of sp³-hybridized carbons (Fsp3) is 0.231. The van der Waals surface area contributed by atoms with E-state index in [1.807, 2.05) is 24.3 Å². The zero-order chi connectivity index (χ0) is 24.0. The third kappa shape index (κ3) is 3.44. The number of carboxylic acids is 1. The molecule has 0 amide bonds. The van der Waals surface area contributed by atoms with Crippen molar-refractivity contribution in [2.45, 2.75) is 18.6 Å². The minimum atomic E-state index is -1.05. The molecule has 174 valence electrons. The summed E-state index contributed by atoms with van der Waals surface area (Å²) in [6, 6.07) is 15.5. The lowest BCUT2D eigenvalue weighted by Crippen LogP contribution is -2.35. The number of nitrogens with one attached hydrogen (secondary N) is 1. The van der Waals surface area contributed by atoms with Gasteiger partial charge in [-0.3, -0.25) is 9.59 Å². The molecule has 1 aliphatic heterocycles. The largest absolute Gasteiger partial charge is 0.493 e. The third-order valence-corrected chi connectivity index (χ3v) is 6.68. The van der Waals surface area contributed by atoms with Crippen molar-refractivity contribution in [2.24, 2.45) is 5.92 Å². The molecule has 0 aromatic heterocycles. The number of carbonyl (C=O) groups excluding carboxylic acids is 1. The van der Waals surface area contributed by atoms with E-state index in [-0.39, 0.29) is 23.9 Å². The normalized spacial score (nSPS) is 20.0. The molecule has 1 heterocycles. The van der Waals surface area contributed by atoms with Gasteiger partial charge < -0.3 is 24.6 Å². The number of Topliss-reactive ketones (excluding diaryl/α,β-unsaturated/α-hetero) is 1. The SMILES string of the molecule is COc1cc2c(c(OCc3ccc(Cl)cc3)c1OC)C(=O)[C@@H]1[C@H]2Nc2ccccc2[C@@H]1C(=O)O. The number of rotatable bonds is 6. The smallest absolute Gasteiger partial charge is 0.311 e. The van der Waals surface area contributed by atoms with E-state index in [0.717, 1.165) is 5.56 Å². The van der Waals surface area contributed by atoms with Gasteiger partial charge in [-0.1, -0.05) is 41.9 Å². The Labute approximate surface area is 201 Å². The fourth-order valence-electron chi connectivity index (χ4n) is 4.92. The number of aliphatic carboxylic acids is 1. The van der Waals surface area contributed by atoms with E-state index >= 15 is 0 Å².